The molecule has 0 radical (unpaired) electrons. The topological polar surface area (TPSA) is 103 Å². The summed E-state index contributed by atoms with van der Waals surface area (Å²) in [6, 6.07) is 0. The third-order valence-electron chi connectivity index (χ3n) is 3.18. The lowest BCUT2D eigenvalue weighted by molar-refractivity contribution is -0.142. The first-order chi connectivity index (χ1) is 8.93. The highest BCUT2D eigenvalue weighted by molar-refractivity contribution is 6.67. The first-order valence-electron chi connectivity index (χ1n) is 6.06. The molecular formula is C12H19ClN4O2. The fourth-order valence-corrected chi connectivity index (χ4v) is 2.26. The number of amidine groups is 1. The number of halogens is 1. The van der Waals surface area contributed by atoms with E-state index in [2.05, 4.69) is 4.74 Å². The van der Waals surface area contributed by atoms with Crippen molar-refractivity contribution in [3.05, 3.63) is 11.8 Å². The number of carbonyl (C=O) groups excluding carboxylic acids is 1. The van der Waals surface area contributed by atoms with Gasteiger partial charge in [-0.15, -0.1) is 0 Å². The number of esters is 1. The molecule has 1 aliphatic heterocycles. The molecule has 1 saturated heterocycles. The lowest BCUT2D eigenvalue weighted by Gasteiger charge is -2.34. The van der Waals surface area contributed by atoms with Gasteiger partial charge in [-0.25, -0.2) is 0 Å². The van der Waals surface area contributed by atoms with Gasteiger partial charge in [0.1, 0.15) is 11.0 Å². The fraction of sp³-hybridized carbons (Fsp3) is 0.583. The van der Waals surface area contributed by atoms with Crippen LogP contribution in [0, 0.1) is 16.7 Å². The molecule has 6 nitrogen and oxygen atoms in total. The number of allylic oxidation sites excluding steroid dienone is 1. The van der Waals surface area contributed by atoms with E-state index in [1.54, 1.807) is 0 Å². The third-order valence-corrected chi connectivity index (χ3v) is 3.29. The molecule has 0 bridgehead atoms. The van der Waals surface area contributed by atoms with Crippen LogP contribution < -0.4 is 5.73 Å². The predicted molar refractivity (Wildman–Crippen MR) is 74.5 cm³/mol. The van der Waals surface area contributed by atoms with Crippen molar-refractivity contribution < 1.29 is 9.53 Å². The molecule has 0 spiro atoms. The van der Waals surface area contributed by atoms with Crippen molar-refractivity contribution in [1.82, 2.24) is 4.90 Å². The van der Waals surface area contributed by atoms with Gasteiger partial charge < -0.3 is 15.4 Å². The van der Waals surface area contributed by atoms with Gasteiger partial charge in [-0.3, -0.25) is 15.6 Å². The van der Waals surface area contributed by atoms with Gasteiger partial charge in [-0.05, 0) is 18.8 Å². The summed E-state index contributed by atoms with van der Waals surface area (Å²) >= 11 is 5.52. The van der Waals surface area contributed by atoms with Crippen molar-refractivity contribution >= 4 is 28.6 Å². The zero-order valence-corrected chi connectivity index (χ0v) is 11.7. The maximum atomic E-state index is 11.2. The maximum Gasteiger partial charge on any atom is 0.305 e. The Morgan fingerprint density at radius 2 is 2.05 bits per heavy atom. The number of nitrogens with zero attached hydrogens (tertiary/aromatic N) is 1. The molecule has 0 aromatic heterocycles. The van der Waals surface area contributed by atoms with E-state index in [0.717, 1.165) is 12.8 Å². The Morgan fingerprint density at radius 1 is 1.47 bits per heavy atom. The first-order valence-corrected chi connectivity index (χ1v) is 6.43. The number of rotatable bonds is 5. The molecular weight excluding hydrogens is 268 g/mol. The van der Waals surface area contributed by atoms with E-state index >= 15 is 0 Å². The highest BCUT2D eigenvalue weighted by Crippen LogP contribution is 2.23. The van der Waals surface area contributed by atoms with Crippen molar-refractivity contribution in [3.8, 4) is 0 Å². The lowest BCUT2D eigenvalue weighted by Crippen LogP contribution is -2.38. The largest absolute Gasteiger partial charge is 0.469 e. The van der Waals surface area contributed by atoms with Crippen LogP contribution in [-0.4, -0.2) is 42.1 Å². The van der Waals surface area contributed by atoms with E-state index < -0.39 is 0 Å². The fourth-order valence-electron chi connectivity index (χ4n) is 2.16. The molecule has 1 rings (SSSR count). The second-order valence-corrected chi connectivity index (χ2v) is 4.91. The van der Waals surface area contributed by atoms with Crippen molar-refractivity contribution in [2.75, 3.05) is 20.2 Å². The normalized spacial score (nSPS) is 17.2. The van der Waals surface area contributed by atoms with Gasteiger partial charge in [0, 0.05) is 25.6 Å². The van der Waals surface area contributed by atoms with Gasteiger partial charge in [0.2, 0.25) is 0 Å². The summed E-state index contributed by atoms with van der Waals surface area (Å²) in [6.07, 6.45) is 3.46. The van der Waals surface area contributed by atoms with Gasteiger partial charge in [-0.2, -0.15) is 0 Å². The van der Waals surface area contributed by atoms with Gasteiger partial charge in [0.05, 0.1) is 12.8 Å². The summed E-state index contributed by atoms with van der Waals surface area (Å²) in [7, 11) is 1.39. The van der Waals surface area contributed by atoms with Crippen LogP contribution >= 0.6 is 11.6 Å². The van der Waals surface area contributed by atoms with Crippen LogP contribution in [0.4, 0.5) is 0 Å². The smallest absolute Gasteiger partial charge is 0.305 e. The van der Waals surface area contributed by atoms with E-state index in [1.165, 1.54) is 13.2 Å². The second kappa shape index (κ2) is 7.13. The summed E-state index contributed by atoms with van der Waals surface area (Å²) in [5, 5.41) is 14.6. The SMILES string of the molecule is COC(=O)CC1CCN(/C(=C/C(=N)Cl)C(=N)N)CC1. The molecule has 19 heavy (non-hydrogen) atoms. The molecule has 0 saturated carbocycles. The molecule has 0 unspecified atom stereocenters. The van der Waals surface area contributed by atoms with Crippen LogP contribution in [0.3, 0.4) is 0 Å². The summed E-state index contributed by atoms with van der Waals surface area (Å²) in [4.78, 5) is 13.1. The molecule has 0 aliphatic carbocycles. The summed E-state index contributed by atoms with van der Waals surface area (Å²) in [6.45, 7) is 1.38. The number of carbonyl (C=O) groups is 1. The van der Waals surface area contributed by atoms with E-state index in [-0.39, 0.29) is 17.0 Å². The lowest BCUT2D eigenvalue weighted by atomic mass is 9.93. The zero-order valence-electron chi connectivity index (χ0n) is 10.9. The van der Waals surface area contributed by atoms with Crippen LogP contribution in [0.1, 0.15) is 19.3 Å². The number of hydrogen-bond donors (Lipinski definition) is 3. The van der Waals surface area contributed by atoms with E-state index in [1.807, 2.05) is 4.90 Å². The van der Waals surface area contributed by atoms with Gasteiger partial charge >= 0.3 is 5.97 Å². The number of methoxy groups -OCH3 is 1. The van der Waals surface area contributed by atoms with Crippen molar-refractivity contribution in [1.29, 1.82) is 10.8 Å². The molecule has 106 valence electrons. The Balaban J connectivity index is 2.59. The Kier molecular flexibility index (Phi) is 5.82. The molecule has 1 heterocycles. The quantitative estimate of drug-likeness (QED) is 0.402. The minimum absolute atomic E-state index is 0.100. The molecule has 1 aliphatic rings. The molecule has 4 N–H and O–H groups in total. The van der Waals surface area contributed by atoms with E-state index in [9.17, 15) is 4.79 Å². The number of nitrogens with two attached hydrogens (primary N) is 1. The average molecular weight is 287 g/mol. The van der Waals surface area contributed by atoms with Gasteiger partial charge in [-0.1, -0.05) is 11.6 Å². The van der Waals surface area contributed by atoms with Crippen LogP contribution in [0.15, 0.2) is 11.8 Å². The Bertz CT molecular complexity index is 401. The average Bonchev–Trinajstić information content (AvgIpc) is 2.36. The maximum absolute atomic E-state index is 11.2. The van der Waals surface area contributed by atoms with Crippen LogP contribution in [0.5, 0.6) is 0 Å². The van der Waals surface area contributed by atoms with Gasteiger partial charge in [0.25, 0.3) is 0 Å². The van der Waals surface area contributed by atoms with Crippen LogP contribution in [0.2, 0.25) is 0 Å². The van der Waals surface area contributed by atoms with E-state index in [0.29, 0.717) is 31.1 Å². The zero-order chi connectivity index (χ0) is 14.4. The number of nitrogens with one attached hydrogen (secondary N) is 2. The van der Waals surface area contributed by atoms with Gasteiger partial charge in [0.15, 0.2) is 0 Å². The van der Waals surface area contributed by atoms with Crippen LogP contribution in [0.25, 0.3) is 0 Å². The minimum Gasteiger partial charge on any atom is -0.469 e. The molecule has 0 amide bonds. The molecule has 1 fully saturated rings. The Hall–Kier alpha value is -1.56. The summed E-state index contributed by atoms with van der Waals surface area (Å²) in [5.74, 6) is 0.00694. The number of likely N-dealkylation sites (tertiary alicyclic amines) is 1. The van der Waals surface area contributed by atoms with Crippen molar-refractivity contribution in [2.24, 2.45) is 11.7 Å². The molecule has 7 heteroatoms. The highest BCUT2D eigenvalue weighted by atomic mass is 35.5. The third kappa shape index (κ3) is 4.90. The first kappa shape index (κ1) is 15.5. The minimum atomic E-state index is -0.191. The number of ether oxygens (including phenoxy) is 1. The molecule has 0 atom stereocenters. The number of piperidine rings is 1. The standard InChI is InChI=1S/C12H19ClN4O2/c1-19-11(18)6-8-2-4-17(5-3-8)9(12(15)16)7-10(13)14/h7-8,14H,2-6H2,1H3,(H3,15,16)/b9-7+,14-10?. The number of hydrogen-bond acceptors (Lipinski definition) is 5. The van der Waals surface area contributed by atoms with Crippen molar-refractivity contribution in [3.63, 3.8) is 0 Å². The van der Waals surface area contributed by atoms with E-state index in [4.69, 9.17) is 28.2 Å². The summed E-state index contributed by atoms with van der Waals surface area (Å²) in [5.41, 5.74) is 5.97. The summed E-state index contributed by atoms with van der Waals surface area (Å²) < 4.78 is 4.65. The second-order valence-electron chi connectivity index (χ2n) is 4.50. The van der Waals surface area contributed by atoms with Crippen molar-refractivity contribution in [2.45, 2.75) is 19.3 Å². The molecule has 0 aromatic carbocycles. The highest BCUT2D eigenvalue weighted by Gasteiger charge is 2.24. The Morgan fingerprint density at radius 3 is 2.47 bits per heavy atom. The monoisotopic (exact) mass is 286 g/mol. The predicted octanol–water partition coefficient (Wildman–Crippen LogP) is 1.30. The molecule has 0 aromatic rings. The Labute approximate surface area is 117 Å². The van der Waals surface area contributed by atoms with Crippen LogP contribution in [-0.2, 0) is 9.53 Å².